The molecular formula is C16H22O6. The van der Waals surface area contributed by atoms with E-state index in [9.17, 15) is 9.59 Å². The number of carbonyl (C=O) groups is 2. The Balaban J connectivity index is 2.87. The van der Waals surface area contributed by atoms with Gasteiger partial charge in [0.15, 0.2) is 0 Å². The maximum Gasteiger partial charge on any atom is 0.338 e. The van der Waals surface area contributed by atoms with Crippen LogP contribution >= 0.6 is 0 Å². The van der Waals surface area contributed by atoms with E-state index in [0.717, 1.165) is 12.8 Å². The quantitative estimate of drug-likeness (QED) is 0.647. The van der Waals surface area contributed by atoms with Crippen molar-refractivity contribution in [2.45, 2.75) is 19.8 Å². The lowest BCUT2D eigenvalue weighted by molar-refractivity contribution is -0.146. The molecule has 0 saturated carbocycles. The maximum absolute atomic E-state index is 12.0. The first-order chi connectivity index (χ1) is 10.6. The molecule has 0 fully saturated rings. The van der Waals surface area contributed by atoms with Crippen LogP contribution in [-0.2, 0) is 19.1 Å². The van der Waals surface area contributed by atoms with Crippen LogP contribution in [0.4, 0.5) is 0 Å². The maximum atomic E-state index is 12.0. The SMILES string of the molecule is CCCC=C1C=C(C(=O)OCCO)C=CC1C(=O)OCCO. The molecule has 0 heterocycles. The lowest BCUT2D eigenvalue weighted by Gasteiger charge is -2.18. The zero-order chi connectivity index (χ0) is 16.4. The molecule has 0 bridgehead atoms. The predicted molar refractivity (Wildman–Crippen MR) is 79.8 cm³/mol. The second-order valence-corrected chi connectivity index (χ2v) is 4.68. The Bertz CT molecular complexity index is 475. The molecule has 6 heteroatoms. The van der Waals surface area contributed by atoms with Crippen LogP contribution in [0.3, 0.4) is 0 Å². The van der Waals surface area contributed by atoms with Crippen LogP contribution in [0.15, 0.2) is 35.5 Å². The molecule has 0 spiro atoms. The van der Waals surface area contributed by atoms with Gasteiger partial charge in [-0.1, -0.05) is 31.6 Å². The molecule has 0 aliphatic heterocycles. The fraction of sp³-hybridized carbons (Fsp3) is 0.500. The van der Waals surface area contributed by atoms with E-state index in [0.29, 0.717) is 11.1 Å². The van der Waals surface area contributed by atoms with E-state index in [1.165, 1.54) is 6.08 Å². The highest BCUT2D eigenvalue weighted by Gasteiger charge is 2.25. The molecular weight excluding hydrogens is 288 g/mol. The van der Waals surface area contributed by atoms with Gasteiger partial charge in [0.1, 0.15) is 13.2 Å². The lowest BCUT2D eigenvalue weighted by atomic mass is 9.90. The van der Waals surface area contributed by atoms with Crippen molar-refractivity contribution in [3.05, 3.63) is 35.5 Å². The summed E-state index contributed by atoms with van der Waals surface area (Å²) in [5.41, 5.74) is 0.991. The van der Waals surface area contributed by atoms with Crippen molar-refractivity contribution in [2.75, 3.05) is 26.4 Å². The fourth-order valence-corrected chi connectivity index (χ4v) is 1.92. The second-order valence-electron chi connectivity index (χ2n) is 4.68. The minimum absolute atomic E-state index is 0.0562. The zero-order valence-corrected chi connectivity index (χ0v) is 12.7. The summed E-state index contributed by atoms with van der Waals surface area (Å²) in [6, 6.07) is 0. The normalized spacial score (nSPS) is 19.0. The topological polar surface area (TPSA) is 93.1 Å². The molecule has 22 heavy (non-hydrogen) atoms. The smallest absolute Gasteiger partial charge is 0.338 e. The van der Waals surface area contributed by atoms with Crippen molar-refractivity contribution in [1.82, 2.24) is 0 Å². The molecule has 1 atom stereocenters. The monoisotopic (exact) mass is 310 g/mol. The second kappa shape index (κ2) is 9.92. The third-order valence-corrected chi connectivity index (χ3v) is 2.97. The summed E-state index contributed by atoms with van der Waals surface area (Å²) < 4.78 is 9.80. The number of aliphatic hydroxyl groups is 2. The van der Waals surface area contributed by atoms with E-state index >= 15 is 0 Å². The standard InChI is InChI=1S/C16H22O6/c1-2-3-4-12-11-13(15(19)21-9-7-17)5-6-14(12)16(20)22-10-8-18/h4-6,11,14,17-18H,2-3,7-10H2,1H3. The number of aliphatic hydroxyl groups excluding tert-OH is 2. The van der Waals surface area contributed by atoms with Crippen LogP contribution in [0.5, 0.6) is 0 Å². The molecule has 6 nitrogen and oxygen atoms in total. The molecule has 1 aliphatic rings. The van der Waals surface area contributed by atoms with E-state index in [1.807, 2.05) is 13.0 Å². The molecule has 1 unspecified atom stereocenters. The van der Waals surface area contributed by atoms with Gasteiger partial charge in [0.2, 0.25) is 0 Å². The van der Waals surface area contributed by atoms with Crippen molar-refractivity contribution in [2.24, 2.45) is 5.92 Å². The molecule has 0 aromatic rings. The predicted octanol–water partition coefficient (Wildman–Crippen LogP) is 0.896. The van der Waals surface area contributed by atoms with Gasteiger partial charge in [-0.2, -0.15) is 0 Å². The Morgan fingerprint density at radius 1 is 1.23 bits per heavy atom. The highest BCUT2D eigenvalue weighted by molar-refractivity contribution is 5.94. The van der Waals surface area contributed by atoms with E-state index < -0.39 is 17.9 Å². The van der Waals surface area contributed by atoms with Crippen molar-refractivity contribution in [3.63, 3.8) is 0 Å². The summed E-state index contributed by atoms with van der Waals surface area (Å²) in [6.07, 6.45) is 8.24. The van der Waals surface area contributed by atoms with Gasteiger partial charge in [-0.25, -0.2) is 4.79 Å². The van der Waals surface area contributed by atoms with Crippen LogP contribution in [0, 0.1) is 5.92 Å². The summed E-state index contributed by atoms with van der Waals surface area (Å²) in [5.74, 6) is -1.60. The number of hydrogen-bond donors (Lipinski definition) is 2. The summed E-state index contributed by atoms with van der Waals surface area (Å²) in [6.45, 7) is 1.41. The molecule has 0 aromatic carbocycles. The van der Waals surface area contributed by atoms with Crippen LogP contribution in [-0.4, -0.2) is 48.6 Å². The van der Waals surface area contributed by atoms with Gasteiger partial charge in [0.25, 0.3) is 0 Å². The van der Waals surface area contributed by atoms with Gasteiger partial charge >= 0.3 is 11.9 Å². The largest absolute Gasteiger partial charge is 0.463 e. The highest BCUT2D eigenvalue weighted by atomic mass is 16.5. The Labute approximate surface area is 129 Å². The average Bonchev–Trinajstić information content (AvgIpc) is 2.55. The van der Waals surface area contributed by atoms with Crippen molar-refractivity contribution < 1.29 is 29.3 Å². The van der Waals surface area contributed by atoms with Crippen molar-refractivity contribution in [3.8, 4) is 0 Å². The van der Waals surface area contributed by atoms with Gasteiger partial charge in [-0.05, 0) is 18.1 Å². The first-order valence-corrected chi connectivity index (χ1v) is 7.29. The molecule has 2 N–H and O–H groups in total. The van der Waals surface area contributed by atoms with Crippen LogP contribution < -0.4 is 0 Å². The Morgan fingerprint density at radius 2 is 1.91 bits per heavy atom. The van der Waals surface area contributed by atoms with Crippen molar-refractivity contribution >= 4 is 11.9 Å². The average molecular weight is 310 g/mol. The van der Waals surface area contributed by atoms with Gasteiger partial charge in [0, 0.05) is 0 Å². The minimum Gasteiger partial charge on any atom is -0.463 e. The number of unbranched alkanes of at least 4 members (excludes halogenated alkanes) is 1. The number of ether oxygens (including phenoxy) is 2. The molecule has 0 aromatic heterocycles. The first kappa shape index (κ1) is 18.1. The summed E-state index contributed by atoms with van der Waals surface area (Å²) >= 11 is 0. The Kier molecular flexibility index (Phi) is 8.17. The summed E-state index contributed by atoms with van der Waals surface area (Å²) in [7, 11) is 0. The number of rotatable bonds is 8. The highest BCUT2D eigenvalue weighted by Crippen LogP contribution is 2.25. The fourth-order valence-electron chi connectivity index (χ4n) is 1.92. The van der Waals surface area contributed by atoms with Crippen LogP contribution in [0.2, 0.25) is 0 Å². The number of allylic oxidation sites excluding steroid dienone is 2. The molecule has 0 amide bonds. The summed E-state index contributed by atoms with van der Waals surface area (Å²) in [5, 5.41) is 17.4. The molecule has 122 valence electrons. The number of esters is 2. The third-order valence-electron chi connectivity index (χ3n) is 2.97. The zero-order valence-electron chi connectivity index (χ0n) is 12.7. The van der Waals surface area contributed by atoms with Gasteiger partial charge in [-0.3, -0.25) is 4.79 Å². The molecule has 0 saturated heterocycles. The van der Waals surface area contributed by atoms with E-state index in [-0.39, 0.29) is 26.4 Å². The van der Waals surface area contributed by atoms with Crippen molar-refractivity contribution in [1.29, 1.82) is 0 Å². The van der Waals surface area contributed by atoms with E-state index in [1.54, 1.807) is 12.2 Å². The van der Waals surface area contributed by atoms with Crippen LogP contribution in [0.1, 0.15) is 19.8 Å². The molecule has 0 radical (unpaired) electrons. The third kappa shape index (κ3) is 5.46. The lowest BCUT2D eigenvalue weighted by Crippen LogP contribution is -2.22. The number of hydrogen-bond acceptors (Lipinski definition) is 6. The van der Waals surface area contributed by atoms with Gasteiger partial charge in [0.05, 0.1) is 24.7 Å². The summed E-state index contributed by atoms with van der Waals surface area (Å²) in [4.78, 5) is 23.8. The number of carbonyl (C=O) groups excluding carboxylic acids is 2. The van der Waals surface area contributed by atoms with Gasteiger partial charge in [-0.15, -0.1) is 0 Å². The van der Waals surface area contributed by atoms with Gasteiger partial charge < -0.3 is 19.7 Å². The Hall–Kier alpha value is -1.92. The Morgan fingerprint density at radius 3 is 2.55 bits per heavy atom. The van der Waals surface area contributed by atoms with E-state index in [4.69, 9.17) is 19.7 Å². The van der Waals surface area contributed by atoms with E-state index in [2.05, 4.69) is 0 Å². The minimum atomic E-state index is -0.590. The van der Waals surface area contributed by atoms with Crippen LogP contribution in [0.25, 0.3) is 0 Å². The molecule has 1 aliphatic carbocycles. The molecule has 1 rings (SSSR count). The first-order valence-electron chi connectivity index (χ1n) is 7.29.